The van der Waals surface area contributed by atoms with Crippen LogP contribution in [0.4, 0.5) is 0 Å². The molecule has 0 saturated carbocycles. The molecule has 2 aromatic rings. The van der Waals surface area contributed by atoms with Crippen molar-refractivity contribution in [3.05, 3.63) is 60.3 Å². The van der Waals surface area contributed by atoms with E-state index in [9.17, 15) is 13.2 Å². The topological polar surface area (TPSA) is 56.1 Å². The number of rotatable bonds is 3. The number of fused-ring (bicyclic) bond motifs is 1. The third-order valence-electron chi connectivity index (χ3n) is 3.88. The number of aromatic nitrogens is 1. The monoisotopic (exact) mass is 301 g/mol. The van der Waals surface area contributed by atoms with Gasteiger partial charge in [0.1, 0.15) is 11.0 Å². The summed E-state index contributed by atoms with van der Waals surface area (Å²) >= 11 is 0. The lowest BCUT2D eigenvalue weighted by molar-refractivity contribution is 0.112. The van der Waals surface area contributed by atoms with Gasteiger partial charge in [-0.15, -0.1) is 0 Å². The van der Waals surface area contributed by atoms with Crippen LogP contribution in [0.15, 0.2) is 54.8 Å². The maximum Gasteiger partial charge on any atom is 0.248 e. The second kappa shape index (κ2) is 4.70. The van der Waals surface area contributed by atoms with Crippen LogP contribution >= 0.6 is 0 Å². The molecule has 3 rings (SSSR count). The maximum absolute atomic E-state index is 13.0. The molecule has 5 heteroatoms. The Kier molecular flexibility index (Phi) is 3.10. The first kappa shape index (κ1) is 13.8. The van der Waals surface area contributed by atoms with Gasteiger partial charge in [0.15, 0.2) is 0 Å². The Hall–Kier alpha value is -2.14. The lowest BCUT2D eigenvalue weighted by atomic mass is 10.0. The number of hydrogen-bond donors (Lipinski definition) is 0. The fourth-order valence-corrected chi connectivity index (χ4v) is 4.17. The summed E-state index contributed by atoms with van der Waals surface area (Å²) in [6.45, 7) is 1.71. The number of nitrogens with zero attached hydrogens (tertiary/aromatic N) is 1. The summed E-state index contributed by atoms with van der Waals surface area (Å²) < 4.78 is 26.2. The molecular formula is C16H15NO3S. The minimum atomic E-state index is -3.61. The Morgan fingerprint density at radius 2 is 2.05 bits per heavy atom. The zero-order valence-corrected chi connectivity index (χ0v) is 12.4. The molecular weight excluding hydrogens is 286 g/mol. The minimum absolute atomic E-state index is 0.429. The van der Waals surface area contributed by atoms with Gasteiger partial charge < -0.3 is 0 Å². The van der Waals surface area contributed by atoms with Crippen molar-refractivity contribution in [1.29, 1.82) is 0 Å². The largest absolute Gasteiger partial charge is 0.298 e. The summed E-state index contributed by atoms with van der Waals surface area (Å²) in [5, 5.41) is 0.795. The average molecular weight is 301 g/mol. The van der Waals surface area contributed by atoms with Crippen molar-refractivity contribution < 1.29 is 13.2 Å². The molecule has 1 aliphatic carbocycles. The van der Waals surface area contributed by atoms with Crippen LogP contribution in [0.2, 0.25) is 0 Å². The Bertz CT molecular complexity index is 874. The molecule has 1 heterocycles. The van der Waals surface area contributed by atoms with Crippen LogP contribution in [0, 0.1) is 0 Å². The van der Waals surface area contributed by atoms with Crippen LogP contribution in [-0.4, -0.2) is 23.4 Å². The van der Waals surface area contributed by atoms with Gasteiger partial charge in [-0.05, 0) is 25.5 Å². The predicted octanol–water partition coefficient (Wildman–Crippen LogP) is 2.91. The first-order valence-electron chi connectivity index (χ1n) is 6.64. The molecule has 0 amide bonds. The highest BCUT2D eigenvalue weighted by Gasteiger charge is 2.38. The molecule has 1 unspecified atom stereocenters. The maximum atomic E-state index is 13.0. The van der Waals surface area contributed by atoms with E-state index in [2.05, 4.69) is 0 Å². The summed E-state index contributed by atoms with van der Waals surface area (Å²) in [6, 6.07) is 6.78. The summed E-state index contributed by atoms with van der Waals surface area (Å²) in [7, 11) is -3.61. The molecule has 0 bridgehead atoms. The van der Waals surface area contributed by atoms with Crippen molar-refractivity contribution in [2.24, 2.45) is 0 Å². The molecule has 0 radical (unpaired) electrons. The summed E-state index contributed by atoms with van der Waals surface area (Å²) in [5.74, 6) is 0. The lowest BCUT2D eigenvalue weighted by Crippen LogP contribution is -2.37. The van der Waals surface area contributed by atoms with E-state index in [0.29, 0.717) is 23.8 Å². The van der Waals surface area contributed by atoms with Gasteiger partial charge in [0.05, 0.1) is 5.52 Å². The molecule has 21 heavy (non-hydrogen) atoms. The molecule has 0 fully saturated rings. The van der Waals surface area contributed by atoms with Crippen molar-refractivity contribution in [3.63, 3.8) is 0 Å². The quantitative estimate of drug-likeness (QED) is 0.819. The molecule has 1 aliphatic rings. The Labute approximate surface area is 123 Å². The first-order valence-corrected chi connectivity index (χ1v) is 8.08. The van der Waals surface area contributed by atoms with Crippen LogP contribution in [0.3, 0.4) is 0 Å². The van der Waals surface area contributed by atoms with Gasteiger partial charge in [-0.3, -0.25) is 4.79 Å². The second-order valence-electron chi connectivity index (χ2n) is 5.36. The van der Waals surface area contributed by atoms with Gasteiger partial charge >= 0.3 is 0 Å². The highest BCUT2D eigenvalue weighted by Crippen LogP contribution is 2.31. The van der Waals surface area contributed by atoms with Crippen molar-refractivity contribution in [3.8, 4) is 0 Å². The Balaban J connectivity index is 2.22. The molecule has 4 nitrogen and oxygen atoms in total. The van der Waals surface area contributed by atoms with Crippen molar-refractivity contribution in [2.75, 3.05) is 0 Å². The smallest absolute Gasteiger partial charge is 0.248 e. The second-order valence-corrected chi connectivity index (χ2v) is 7.63. The number of hydrogen-bond acceptors (Lipinski definition) is 3. The summed E-state index contributed by atoms with van der Waals surface area (Å²) in [4.78, 5) is 10.9. The number of allylic oxidation sites excluding steroid dienone is 3. The minimum Gasteiger partial charge on any atom is -0.298 e. The molecule has 0 spiro atoms. The third kappa shape index (κ3) is 2.05. The van der Waals surface area contributed by atoms with Gasteiger partial charge in [0.25, 0.3) is 0 Å². The van der Waals surface area contributed by atoms with E-state index in [0.717, 1.165) is 5.39 Å². The fourth-order valence-electron chi connectivity index (χ4n) is 2.53. The van der Waals surface area contributed by atoms with E-state index in [-0.39, 0.29) is 0 Å². The standard InChI is InChI=1S/C16H15NO3S/c1-16(8-3-2-4-9-16)21(19,20)17-10-7-14-6-5-13(12-18)11-15(14)17/h2-8,10-12H,9H2,1H3. The SMILES string of the molecule is CC1(S(=O)(=O)n2ccc3ccc(C=O)cc32)C=CC=CC1. The van der Waals surface area contributed by atoms with E-state index in [1.54, 1.807) is 49.5 Å². The summed E-state index contributed by atoms with van der Waals surface area (Å²) in [6.07, 6.45) is 9.84. The van der Waals surface area contributed by atoms with Gasteiger partial charge in [-0.1, -0.05) is 36.4 Å². The van der Waals surface area contributed by atoms with Gasteiger partial charge in [0, 0.05) is 17.1 Å². The highest BCUT2D eigenvalue weighted by molar-refractivity contribution is 7.91. The lowest BCUT2D eigenvalue weighted by Gasteiger charge is -2.27. The number of carbonyl (C=O) groups excluding carboxylic acids is 1. The van der Waals surface area contributed by atoms with Crippen molar-refractivity contribution in [1.82, 2.24) is 3.97 Å². The zero-order chi connectivity index (χ0) is 15.1. The van der Waals surface area contributed by atoms with Crippen LogP contribution in [0.5, 0.6) is 0 Å². The van der Waals surface area contributed by atoms with Gasteiger partial charge in [0.2, 0.25) is 10.0 Å². The highest BCUT2D eigenvalue weighted by atomic mass is 32.2. The molecule has 0 N–H and O–H groups in total. The van der Waals surface area contributed by atoms with Gasteiger partial charge in [-0.25, -0.2) is 12.4 Å². The first-order chi connectivity index (χ1) is 9.98. The zero-order valence-electron chi connectivity index (χ0n) is 11.6. The number of benzene rings is 1. The molecule has 0 saturated heterocycles. The Morgan fingerprint density at radius 3 is 2.71 bits per heavy atom. The average Bonchev–Trinajstić information content (AvgIpc) is 2.91. The van der Waals surface area contributed by atoms with E-state index in [1.165, 1.54) is 3.97 Å². The molecule has 1 atom stereocenters. The molecule has 1 aromatic heterocycles. The molecule has 0 aliphatic heterocycles. The van der Waals surface area contributed by atoms with Crippen LogP contribution < -0.4 is 0 Å². The Morgan fingerprint density at radius 1 is 1.24 bits per heavy atom. The van der Waals surface area contributed by atoms with E-state index < -0.39 is 14.8 Å². The molecule has 108 valence electrons. The molecule has 1 aromatic carbocycles. The van der Waals surface area contributed by atoms with E-state index in [4.69, 9.17) is 0 Å². The van der Waals surface area contributed by atoms with E-state index in [1.807, 2.05) is 12.2 Å². The van der Waals surface area contributed by atoms with Crippen molar-refractivity contribution in [2.45, 2.75) is 18.1 Å². The van der Waals surface area contributed by atoms with Crippen LogP contribution in [0.25, 0.3) is 10.9 Å². The van der Waals surface area contributed by atoms with Crippen LogP contribution in [-0.2, 0) is 10.0 Å². The van der Waals surface area contributed by atoms with Gasteiger partial charge in [-0.2, -0.15) is 0 Å². The number of aldehydes is 1. The van der Waals surface area contributed by atoms with E-state index >= 15 is 0 Å². The predicted molar refractivity (Wildman–Crippen MR) is 82.9 cm³/mol. The third-order valence-corrected chi connectivity index (χ3v) is 6.20. The van der Waals surface area contributed by atoms with Crippen LogP contribution in [0.1, 0.15) is 23.7 Å². The summed E-state index contributed by atoms with van der Waals surface area (Å²) in [5.41, 5.74) is 0.991. The van der Waals surface area contributed by atoms with Crippen molar-refractivity contribution >= 4 is 27.2 Å². The number of carbonyl (C=O) groups is 1. The normalized spacial score (nSPS) is 21.8. The fraction of sp³-hybridized carbons (Fsp3) is 0.188.